The Labute approximate surface area is 82.6 Å². The number of ether oxygens (including phenoxy) is 1. The van der Waals surface area contributed by atoms with Crippen LogP contribution in [0.5, 0.6) is 5.75 Å². The van der Waals surface area contributed by atoms with Gasteiger partial charge in [0.15, 0.2) is 0 Å². The van der Waals surface area contributed by atoms with Crippen molar-refractivity contribution >= 4 is 0 Å². The summed E-state index contributed by atoms with van der Waals surface area (Å²) in [5.74, 6) is 5.11. The number of halogens is 1. The molecule has 1 atom stereocenters. The van der Waals surface area contributed by atoms with Crippen LogP contribution in [0.3, 0.4) is 0 Å². The average molecular weight is 199 g/mol. The molecule has 0 bridgehead atoms. The van der Waals surface area contributed by atoms with Gasteiger partial charge < -0.3 is 4.74 Å². The molecular weight excluding hydrogens is 185 g/mol. The Morgan fingerprint density at radius 1 is 1.43 bits per heavy atom. The molecule has 0 radical (unpaired) electrons. The van der Waals surface area contributed by atoms with Gasteiger partial charge in [0, 0.05) is 0 Å². The van der Waals surface area contributed by atoms with E-state index in [0.717, 1.165) is 5.56 Å². The number of hydrogen-bond acceptors (Lipinski definition) is 3. The van der Waals surface area contributed by atoms with Crippen LogP contribution in [-0.4, -0.2) is 7.11 Å². The Morgan fingerprint density at radius 2 is 2.07 bits per heavy atom. The fraction of sp³-hybridized carbons (Fsp3) is 0.400. The van der Waals surface area contributed by atoms with Gasteiger partial charge in [0.2, 0.25) is 0 Å². The van der Waals surface area contributed by atoms with E-state index >= 15 is 0 Å². The fourth-order valence-electron chi connectivity index (χ4n) is 1.35. The molecule has 0 aromatic heterocycles. The number of rotatable bonds is 3. The number of nitrogens with two attached hydrogens (primary N) is 1. The number of benzene rings is 1. The van der Waals surface area contributed by atoms with Crippen molar-refractivity contribution < 1.29 is 14.0 Å². The second kappa shape index (κ2) is 4.39. The molecule has 1 aromatic rings. The number of hydrogen-bond donors (Lipinski definition) is 1. The Balaban J connectivity index is 3.24. The molecule has 4 heteroatoms. The van der Waals surface area contributed by atoms with E-state index in [4.69, 9.17) is 10.6 Å². The largest absolute Gasteiger partial charge is 0.496 e. The molecule has 14 heavy (non-hydrogen) atoms. The second-order valence-electron chi connectivity index (χ2n) is 3.14. The minimum Gasteiger partial charge on any atom is -0.496 e. The lowest BCUT2D eigenvalue weighted by molar-refractivity contribution is 0.0619. The second-order valence-corrected chi connectivity index (χ2v) is 3.14. The third kappa shape index (κ3) is 2.02. The monoisotopic (exact) mass is 199 g/mol. The van der Waals surface area contributed by atoms with Gasteiger partial charge in [-0.3, -0.25) is 4.84 Å². The Bertz CT molecular complexity index is 328. The van der Waals surface area contributed by atoms with Crippen molar-refractivity contribution in [2.45, 2.75) is 20.0 Å². The molecule has 0 heterocycles. The highest BCUT2D eigenvalue weighted by Crippen LogP contribution is 2.30. The molecule has 2 N–H and O–H groups in total. The topological polar surface area (TPSA) is 44.5 Å². The molecule has 1 aromatic carbocycles. The van der Waals surface area contributed by atoms with E-state index in [0.29, 0.717) is 11.3 Å². The molecule has 3 nitrogen and oxygen atoms in total. The SMILES string of the molecule is COc1cc(C)cc(F)c1C(C)ON. The summed E-state index contributed by atoms with van der Waals surface area (Å²) in [6.07, 6.45) is -0.523. The molecule has 1 unspecified atom stereocenters. The Morgan fingerprint density at radius 3 is 2.57 bits per heavy atom. The lowest BCUT2D eigenvalue weighted by Gasteiger charge is -2.15. The Hall–Kier alpha value is -1.13. The smallest absolute Gasteiger partial charge is 0.133 e. The zero-order chi connectivity index (χ0) is 10.7. The van der Waals surface area contributed by atoms with Crippen LogP contribution in [0.4, 0.5) is 4.39 Å². The minimum absolute atomic E-state index is 0.348. The molecule has 0 fully saturated rings. The lowest BCUT2D eigenvalue weighted by atomic mass is 10.1. The molecule has 1 rings (SSSR count). The standard InChI is InChI=1S/C10H14FNO2/c1-6-4-8(11)10(7(2)14-12)9(5-6)13-3/h4-5,7H,12H2,1-3H3. The van der Waals surface area contributed by atoms with Crippen molar-refractivity contribution in [1.82, 2.24) is 0 Å². The van der Waals surface area contributed by atoms with E-state index in [2.05, 4.69) is 4.84 Å². The quantitative estimate of drug-likeness (QED) is 0.758. The van der Waals surface area contributed by atoms with Gasteiger partial charge in [-0.1, -0.05) is 0 Å². The van der Waals surface area contributed by atoms with Gasteiger partial charge in [0.05, 0.1) is 12.7 Å². The van der Waals surface area contributed by atoms with E-state index in [9.17, 15) is 4.39 Å². The normalized spacial score (nSPS) is 12.6. The van der Waals surface area contributed by atoms with Crippen molar-refractivity contribution in [2.75, 3.05) is 7.11 Å². The van der Waals surface area contributed by atoms with Gasteiger partial charge in [0.25, 0.3) is 0 Å². The summed E-state index contributed by atoms with van der Waals surface area (Å²) in [5.41, 5.74) is 1.15. The average Bonchev–Trinajstić information content (AvgIpc) is 2.15. The highest BCUT2D eigenvalue weighted by Gasteiger charge is 2.17. The molecule has 0 saturated carbocycles. The van der Waals surface area contributed by atoms with Crippen molar-refractivity contribution in [3.8, 4) is 5.75 Å². The molecule has 0 saturated heterocycles. The van der Waals surface area contributed by atoms with Gasteiger partial charge in [0.1, 0.15) is 17.7 Å². The third-order valence-corrected chi connectivity index (χ3v) is 2.07. The van der Waals surface area contributed by atoms with Gasteiger partial charge in [-0.2, -0.15) is 0 Å². The maximum atomic E-state index is 13.5. The first-order chi connectivity index (χ1) is 6.60. The van der Waals surface area contributed by atoms with Crippen molar-refractivity contribution in [2.24, 2.45) is 5.90 Å². The van der Waals surface area contributed by atoms with Crippen molar-refractivity contribution in [3.63, 3.8) is 0 Å². The van der Waals surface area contributed by atoms with Crippen LogP contribution < -0.4 is 10.6 Å². The third-order valence-electron chi connectivity index (χ3n) is 2.07. The highest BCUT2D eigenvalue weighted by molar-refractivity contribution is 5.39. The van der Waals surface area contributed by atoms with Crippen LogP contribution in [0.15, 0.2) is 12.1 Å². The predicted molar refractivity (Wildman–Crippen MR) is 51.4 cm³/mol. The van der Waals surface area contributed by atoms with Crippen LogP contribution in [0, 0.1) is 12.7 Å². The predicted octanol–water partition coefficient (Wildman–Crippen LogP) is 2.09. The van der Waals surface area contributed by atoms with E-state index in [1.807, 2.05) is 0 Å². The van der Waals surface area contributed by atoms with Crippen LogP contribution in [0.2, 0.25) is 0 Å². The summed E-state index contributed by atoms with van der Waals surface area (Å²) < 4.78 is 18.6. The van der Waals surface area contributed by atoms with Crippen LogP contribution >= 0.6 is 0 Å². The van der Waals surface area contributed by atoms with E-state index in [-0.39, 0.29) is 5.82 Å². The van der Waals surface area contributed by atoms with Gasteiger partial charge >= 0.3 is 0 Å². The number of methoxy groups -OCH3 is 1. The summed E-state index contributed by atoms with van der Waals surface area (Å²) in [5, 5.41) is 0. The van der Waals surface area contributed by atoms with Gasteiger partial charge in [-0.25, -0.2) is 10.3 Å². The zero-order valence-corrected chi connectivity index (χ0v) is 8.50. The molecule has 0 aliphatic rings. The highest BCUT2D eigenvalue weighted by atomic mass is 19.1. The first-order valence-electron chi connectivity index (χ1n) is 4.29. The van der Waals surface area contributed by atoms with Crippen molar-refractivity contribution in [3.05, 3.63) is 29.1 Å². The lowest BCUT2D eigenvalue weighted by Crippen LogP contribution is -2.09. The fourth-order valence-corrected chi connectivity index (χ4v) is 1.35. The first kappa shape index (κ1) is 10.9. The summed E-state index contributed by atoms with van der Waals surface area (Å²) in [6.45, 7) is 3.46. The van der Waals surface area contributed by atoms with Gasteiger partial charge in [-0.05, 0) is 31.5 Å². The summed E-state index contributed by atoms with van der Waals surface area (Å²) >= 11 is 0. The molecular formula is C10H14FNO2. The van der Waals surface area contributed by atoms with E-state index < -0.39 is 6.10 Å². The maximum absolute atomic E-state index is 13.5. The van der Waals surface area contributed by atoms with Crippen molar-refractivity contribution in [1.29, 1.82) is 0 Å². The van der Waals surface area contributed by atoms with E-state index in [1.54, 1.807) is 19.9 Å². The molecule has 0 amide bonds. The zero-order valence-electron chi connectivity index (χ0n) is 8.50. The van der Waals surface area contributed by atoms with Crippen LogP contribution in [0.1, 0.15) is 24.2 Å². The summed E-state index contributed by atoms with van der Waals surface area (Å²) in [4.78, 5) is 4.58. The van der Waals surface area contributed by atoms with Gasteiger partial charge in [-0.15, -0.1) is 0 Å². The first-order valence-corrected chi connectivity index (χ1v) is 4.29. The summed E-state index contributed by atoms with van der Waals surface area (Å²) in [6, 6.07) is 3.17. The number of aryl methyl sites for hydroxylation is 1. The maximum Gasteiger partial charge on any atom is 0.133 e. The van der Waals surface area contributed by atoms with E-state index in [1.165, 1.54) is 13.2 Å². The molecule has 0 spiro atoms. The molecule has 0 aliphatic carbocycles. The van der Waals surface area contributed by atoms with Crippen LogP contribution in [0.25, 0.3) is 0 Å². The summed E-state index contributed by atoms with van der Waals surface area (Å²) in [7, 11) is 1.49. The molecule has 0 aliphatic heterocycles. The Kier molecular flexibility index (Phi) is 3.43. The van der Waals surface area contributed by atoms with Crippen LogP contribution in [-0.2, 0) is 4.84 Å². The minimum atomic E-state index is -0.523. The molecule has 78 valence electrons.